The van der Waals surface area contributed by atoms with Gasteiger partial charge in [0.25, 0.3) is 5.91 Å². The van der Waals surface area contributed by atoms with Crippen LogP contribution in [0.25, 0.3) is 0 Å². The number of carbonyl (C=O) groups excluding carboxylic acids is 1. The van der Waals surface area contributed by atoms with Crippen LogP contribution >= 0.6 is 23.2 Å². The Morgan fingerprint density at radius 2 is 2.09 bits per heavy atom. The maximum atomic E-state index is 12.0. The van der Waals surface area contributed by atoms with Gasteiger partial charge in [0.15, 0.2) is 6.61 Å². The van der Waals surface area contributed by atoms with Crippen LogP contribution < -0.4 is 10.1 Å². The average molecular weight is 349 g/mol. The molecule has 2 aromatic carbocycles. The van der Waals surface area contributed by atoms with Gasteiger partial charge in [-0.15, -0.1) is 0 Å². The Morgan fingerprint density at radius 3 is 2.78 bits per heavy atom. The number of carbonyl (C=O) groups is 1. The van der Waals surface area contributed by atoms with Gasteiger partial charge >= 0.3 is 0 Å². The van der Waals surface area contributed by atoms with E-state index in [0.717, 1.165) is 5.56 Å². The van der Waals surface area contributed by atoms with Crippen LogP contribution in [0.2, 0.25) is 10.0 Å². The summed E-state index contributed by atoms with van der Waals surface area (Å²) in [5.74, 6) is 0.183. The van der Waals surface area contributed by atoms with Crippen LogP contribution in [0, 0.1) is 11.3 Å². The molecule has 1 unspecified atom stereocenters. The summed E-state index contributed by atoms with van der Waals surface area (Å²) in [7, 11) is 0. The Hall–Kier alpha value is -2.22. The number of amides is 1. The van der Waals surface area contributed by atoms with Crippen LogP contribution in [0.15, 0.2) is 42.5 Å². The first kappa shape index (κ1) is 17.1. The average Bonchev–Trinajstić information content (AvgIpc) is 2.53. The van der Waals surface area contributed by atoms with Crippen LogP contribution in [0.3, 0.4) is 0 Å². The van der Waals surface area contributed by atoms with Gasteiger partial charge in [-0.1, -0.05) is 35.3 Å². The van der Waals surface area contributed by atoms with Crippen molar-refractivity contribution in [2.75, 3.05) is 6.61 Å². The quantitative estimate of drug-likeness (QED) is 0.883. The number of hydrogen-bond donors (Lipinski definition) is 1. The molecule has 0 aliphatic carbocycles. The number of nitrogens with zero attached hydrogens (tertiary/aromatic N) is 1. The Labute approximate surface area is 144 Å². The highest BCUT2D eigenvalue weighted by Crippen LogP contribution is 2.26. The summed E-state index contributed by atoms with van der Waals surface area (Å²) in [5, 5.41) is 12.7. The molecule has 0 aliphatic heterocycles. The summed E-state index contributed by atoms with van der Waals surface area (Å²) < 4.78 is 5.38. The second-order valence-electron chi connectivity index (χ2n) is 4.88. The van der Waals surface area contributed by atoms with Crippen molar-refractivity contribution < 1.29 is 9.53 Å². The molecule has 2 rings (SSSR count). The van der Waals surface area contributed by atoms with Gasteiger partial charge in [0, 0.05) is 10.0 Å². The van der Waals surface area contributed by atoms with Gasteiger partial charge in [0.2, 0.25) is 0 Å². The van der Waals surface area contributed by atoms with Crippen molar-refractivity contribution in [1.82, 2.24) is 5.32 Å². The fourth-order valence-corrected chi connectivity index (χ4v) is 2.59. The lowest BCUT2D eigenvalue weighted by Crippen LogP contribution is -2.31. The first-order valence-corrected chi connectivity index (χ1v) is 7.62. The highest BCUT2D eigenvalue weighted by Gasteiger charge is 2.13. The van der Waals surface area contributed by atoms with Gasteiger partial charge in [-0.2, -0.15) is 5.26 Å². The van der Waals surface area contributed by atoms with Crippen LogP contribution in [-0.4, -0.2) is 12.5 Å². The van der Waals surface area contributed by atoms with E-state index in [1.807, 2.05) is 13.0 Å². The summed E-state index contributed by atoms with van der Waals surface area (Å²) in [6.07, 6.45) is 0. The molecule has 0 heterocycles. The Balaban J connectivity index is 1.92. The first-order valence-electron chi connectivity index (χ1n) is 6.87. The molecule has 0 bridgehead atoms. The summed E-state index contributed by atoms with van der Waals surface area (Å²) in [6, 6.07) is 13.5. The van der Waals surface area contributed by atoms with E-state index in [1.165, 1.54) is 0 Å². The zero-order chi connectivity index (χ0) is 16.8. The van der Waals surface area contributed by atoms with Crippen LogP contribution in [0.1, 0.15) is 24.1 Å². The SMILES string of the molecule is CC(NC(=O)COc1cccc(C#N)c1)c1ccc(Cl)cc1Cl. The fraction of sp³-hybridized carbons (Fsp3) is 0.176. The molecule has 1 N–H and O–H groups in total. The van der Waals surface area contributed by atoms with Gasteiger partial charge in [0.1, 0.15) is 5.75 Å². The van der Waals surface area contributed by atoms with Gasteiger partial charge < -0.3 is 10.1 Å². The lowest BCUT2D eigenvalue weighted by molar-refractivity contribution is -0.123. The van der Waals surface area contributed by atoms with Crippen molar-refractivity contribution >= 4 is 29.1 Å². The zero-order valence-corrected chi connectivity index (χ0v) is 13.9. The molecular formula is C17H14Cl2N2O2. The van der Waals surface area contributed by atoms with Crippen LogP contribution in [-0.2, 0) is 4.79 Å². The molecule has 0 radical (unpaired) electrons. The van der Waals surface area contributed by atoms with Gasteiger partial charge in [-0.25, -0.2) is 0 Å². The monoisotopic (exact) mass is 348 g/mol. The van der Waals surface area contributed by atoms with E-state index in [4.69, 9.17) is 33.2 Å². The summed E-state index contributed by atoms with van der Waals surface area (Å²) in [5.41, 5.74) is 1.25. The lowest BCUT2D eigenvalue weighted by atomic mass is 10.1. The fourth-order valence-electron chi connectivity index (χ4n) is 2.02. The molecule has 118 valence electrons. The number of ether oxygens (including phenoxy) is 1. The van der Waals surface area contributed by atoms with Gasteiger partial charge in [-0.05, 0) is 42.8 Å². The van der Waals surface area contributed by atoms with Gasteiger partial charge in [-0.3, -0.25) is 4.79 Å². The third-order valence-corrected chi connectivity index (χ3v) is 3.70. The Bertz CT molecular complexity index is 756. The number of rotatable bonds is 5. The third kappa shape index (κ3) is 4.88. The second-order valence-corrected chi connectivity index (χ2v) is 5.73. The maximum Gasteiger partial charge on any atom is 0.258 e. The Kier molecular flexibility index (Phi) is 5.86. The molecule has 0 aromatic heterocycles. The molecule has 0 saturated carbocycles. The molecule has 1 atom stereocenters. The van der Waals surface area contributed by atoms with Crippen molar-refractivity contribution in [3.05, 3.63) is 63.6 Å². The smallest absolute Gasteiger partial charge is 0.258 e. The number of nitriles is 1. The maximum absolute atomic E-state index is 12.0. The minimum absolute atomic E-state index is 0.148. The molecule has 1 amide bonds. The summed E-state index contributed by atoms with van der Waals surface area (Å²) >= 11 is 12.0. The molecule has 0 spiro atoms. The van der Waals surface area contributed by atoms with Crippen LogP contribution in [0.5, 0.6) is 5.75 Å². The third-order valence-electron chi connectivity index (χ3n) is 3.14. The predicted octanol–water partition coefficient (Wildman–Crippen LogP) is 4.12. The molecule has 0 aliphatic rings. The van der Waals surface area contributed by atoms with Crippen molar-refractivity contribution in [3.8, 4) is 11.8 Å². The zero-order valence-electron chi connectivity index (χ0n) is 12.3. The van der Waals surface area contributed by atoms with Gasteiger partial charge in [0.05, 0.1) is 17.7 Å². The predicted molar refractivity (Wildman–Crippen MR) is 89.7 cm³/mol. The molecule has 6 heteroatoms. The Morgan fingerprint density at radius 1 is 1.30 bits per heavy atom. The standard InChI is InChI=1S/C17H14Cl2N2O2/c1-11(15-6-5-13(18)8-16(15)19)21-17(22)10-23-14-4-2-3-12(7-14)9-20/h2-8,11H,10H2,1H3,(H,21,22). The van der Waals surface area contributed by atoms with E-state index >= 15 is 0 Å². The van der Waals surface area contributed by atoms with E-state index in [9.17, 15) is 4.79 Å². The first-order chi connectivity index (χ1) is 11.0. The largest absolute Gasteiger partial charge is 0.484 e. The minimum Gasteiger partial charge on any atom is -0.484 e. The molecule has 23 heavy (non-hydrogen) atoms. The number of halogens is 2. The second kappa shape index (κ2) is 7.87. The normalized spacial score (nSPS) is 11.4. The molecule has 0 saturated heterocycles. The molecule has 2 aromatic rings. The van der Waals surface area contributed by atoms with Crippen molar-refractivity contribution in [2.24, 2.45) is 0 Å². The minimum atomic E-state index is -0.286. The summed E-state index contributed by atoms with van der Waals surface area (Å²) in [6.45, 7) is 1.67. The van der Waals surface area contributed by atoms with E-state index < -0.39 is 0 Å². The molecular weight excluding hydrogens is 335 g/mol. The van der Waals surface area contributed by atoms with E-state index in [1.54, 1.807) is 42.5 Å². The lowest BCUT2D eigenvalue weighted by Gasteiger charge is -2.16. The topological polar surface area (TPSA) is 62.1 Å². The molecule has 0 fully saturated rings. The van der Waals surface area contributed by atoms with Crippen LogP contribution in [0.4, 0.5) is 0 Å². The van der Waals surface area contributed by atoms with E-state index in [-0.39, 0.29) is 18.6 Å². The molecule has 4 nitrogen and oxygen atoms in total. The van der Waals surface area contributed by atoms with Crippen molar-refractivity contribution in [3.63, 3.8) is 0 Å². The highest BCUT2D eigenvalue weighted by atomic mass is 35.5. The number of hydrogen-bond acceptors (Lipinski definition) is 3. The number of benzene rings is 2. The summed E-state index contributed by atoms with van der Waals surface area (Å²) in [4.78, 5) is 12.0. The number of nitrogens with one attached hydrogen (secondary N) is 1. The van der Waals surface area contributed by atoms with E-state index in [2.05, 4.69) is 5.32 Å². The highest BCUT2D eigenvalue weighted by molar-refractivity contribution is 6.35. The van der Waals surface area contributed by atoms with Crippen molar-refractivity contribution in [1.29, 1.82) is 5.26 Å². The van der Waals surface area contributed by atoms with Crippen molar-refractivity contribution in [2.45, 2.75) is 13.0 Å². The van der Waals surface area contributed by atoms with E-state index in [0.29, 0.717) is 21.4 Å².